The summed E-state index contributed by atoms with van der Waals surface area (Å²) in [6.07, 6.45) is 0.939. The highest BCUT2D eigenvalue weighted by Gasteiger charge is 2.24. The molecule has 0 bridgehead atoms. The van der Waals surface area contributed by atoms with Crippen LogP contribution in [0.1, 0.15) is 32.8 Å². The summed E-state index contributed by atoms with van der Waals surface area (Å²) in [6.45, 7) is 7.70. The second kappa shape index (κ2) is 4.77. The van der Waals surface area contributed by atoms with E-state index in [9.17, 15) is 0 Å². The fourth-order valence-corrected chi connectivity index (χ4v) is 2.67. The standard InChI is InChI=1S/C14H19ClO2/c1-10(15)9-14(2,3)11-4-5-12-13(8-11)17-7-6-16-12/h4-5,8,10H,6-7,9H2,1-3H3. The Morgan fingerprint density at radius 2 is 1.88 bits per heavy atom. The van der Waals surface area contributed by atoms with Gasteiger partial charge in [-0.05, 0) is 36.5 Å². The number of ether oxygens (including phenoxy) is 2. The van der Waals surface area contributed by atoms with Gasteiger partial charge < -0.3 is 9.47 Å². The van der Waals surface area contributed by atoms with Gasteiger partial charge in [-0.1, -0.05) is 19.9 Å². The first kappa shape index (κ1) is 12.6. The molecule has 1 heterocycles. The van der Waals surface area contributed by atoms with Crippen LogP contribution < -0.4 is 9.47 Å². The molecule has 0 aromatic heterocycles. The summed E-state index contributed by atoms with van der Waals surface area (Å²) in [5, 5.41) is 0.165. The van der Waals surface area contributed by atoms with Gasteiger partial charge in [-0.15, -0.1) is 11.6 Å². The highest BCUT2D eigenvalue weighted by molar-refractivity contribution is 6.20. The highest BCUT2D eigenvalue weighted by Crippen LogP contribution is 2.37. The quantitative estimate of drug-likeness (QED) is 0.765. The van der Waals surface area contributed by atoms with Crippen molar-refractivity contribution in [3.8, 4) is 11.5 Å². The molecule has 0 radical (unpaired) electrons. The minimum Gasteiger partial charge on any atom is -0.486 e. The van der Waals surface area contributed by atoms with Gasteiger partial charge in [-0.3, -0.25) is 0 Å². The number of hydrogen-bond acceptors (Lipinski definition) is 2. The predicted octanol–water partition coefficient (Wildman–Crippen LogP) is 3.75. The van der Waals surface area contributed by atoms with E-state index in [1.165, 1.54) is 5.56 Å². The van der Waals surface area contributed by atoms with Crippen LogP contribution >= 0.6 is 11.6 Å². The molecular weight excluding hydrogens is 236 g/mol. The molecule has 0 fully saturated rings. The van der Waals surface area contributed by atoms with Crippen molar-refractivity contribution >= 4 is 11.6 Å². The molecule has 0 N–H and O–H groups in total. The molecule has 3 heteroatoms. The lowest BCUT2D eigenvalue weighted by Gasteiger charge is -2.28. The summed E-state index contributed by atoms with van der Waals surface area (Å²) >= 11 is 6.10. The smallest absolute Gasteiger partial charge is 0.161 e. The van der Waals surface area contributed by atoms with E-state index in [1.54, 1.807) is 0 Å². The Morgan fingerprint density at radius 1 is 1.24 bits per heavy atom. The van der Waals surface area contributed by atoms with Crippen molar-refractivity contribution in [1.29, 1.82) is 0 Å². The predicted molar refractivity (Wildman–Crippen MR) is 70.4 cm³/mol. The second-order valence-electron chi connectivity index (χ2n) is 5.23. The first-order chi connectivity index (χ1) is 7.99. The summed E-state index contributed by atoms with van der Waals surface area (Å²) in [6, 6.07) is 6.17. The third-order valence-electron chi connectivity index (χ3n) is 3.12. The van der Waals surface area contributed by atoms with Crippen molar-refractivity contribution in [1.82, 2.24) is 0 Å². The molecule has 94 valence electrons. The Morgan fingerprint density at radius 3 is 2.53 bits per heavy atom. The molecule has 0 spiro atoms. The van der Waals surface area contributed by atoms with Crippen molar-refractivity contribution in [2.24, 2.45) is 0 Å². The van der Waals surface area contributed by atoms with Crippen LogP contribution in [0.25, 0.3) is 0 Å². The molecule has 2 rings (SSSR count). The van der Waals surface area contributed by atoms with Gasteiger partial charge in [0.2, 0.25) is 0 Å². The lowest BCUT2D eigenvalue weighted by atomic mass is 9.80. The summed E-state index contributed by atoms with van der Waals surface area (Å²) < 4.78 is 11.1. The third kappa shape index (κ3) is 2.86. The zero-order valence-corrected chi connectivity index (χ0v) is 11.4. The Balaban J connectivity index is 2.27. The van der Waals surface area contributed by atoms with Gasteiger partial charge in [-0.2, -0.15) is 0 Å². The van der Waals surface area contributed by atoms with E-state index in [2.05, 4.69) is 26.0 Å². The molecule has 0 saturated heterocycles. The Hall–Kier alpha value is -0.890. The van der Waals surface area contributed by atoms with Gasteiger partial charge in [0.15, 0.2) is 11.5 Å². The maximum atomic E-state index is 6.10. The van der Waals surface area contributed by atoms with E-state index < -0.39 is 0 Å². The second-order valence-corrected chi connectivity index (χ2v) is 5.97. The van der Waals surface area contributed by atoms with Crippen LogP contribution in [0.4, 0.5) is 0 Å². The number of benzene rings is 1. The number of fused-ring (bicyclic) bond motifs is 1. The largest absolute Gasteiger partial charge is 0.486 e. The van der Waals surface area contributed by atoms with Crippen molar-refractivity contribution in [2.75, 3.05) is 13.2 Å². The van der Waals surface area contributed by atoms with Gasteiger partial charge in [0.25, 0.3) is 0 Å². The molecule has 2 nitrogen and oxygen atoms in total. The maximum absolute atomic E-state index is 6.10. The number of alkyl halides is 1. The number of rotatable bonds is 3. The minimum absolute atomic E-state index is 0.0526. The first-order valence-electron chi connectivity index (χ1n) is 6.03. The lowest BCUT2D eigenvalue weighted by molar-refractivity contribution is 0.171. The Kier molecular flexibility index (Phi) is 3.53. The van der Waals surface area contributed by atoms with E-state index in [0.717, 1.165) is 17.9 Å². The maximum Gasteiger partial charge on any atom is 0.161 e. The fraction of sp³-hybridized carbons (Fsp3) is 0.571. The van der Waals surface area contributed by atoms with Crippen LogP contribution in [-0.2, 0) is 5.41 Å². The minimum atomic E-state index is 0.0526. The monoisotopic (exact) mass is 254 g/mol. The molecule has 1 aromatic carbocycles. The van der Waals surface area contributed by atoms with Crippen molar-refractivity contribution < 1.29 is 9.47 Å². The molecule has 17 heavy (non-hydrogen) atoms. The Bertz CT molecular complexity index is 399. The normalized spacial score (nSPS) is 16.7. The van der Waals surface area contributed by atoms with Crippen molar-refractivity contribution in [3.63, 3.8) is 0 Å². The van der Waals surface area contributed by atoms with E-state index in [1.807, 2.05) is 13.0 Å². The first-order valence-corrected chi connectivity index (χ1v) is 6.47. The van der Waals surface area contributed by atoms with E-state index in [4.69, 9.17) is 21.1 Å². The molecule has 0 saturated carbocycles. The summed E-state index contributed by atoms with van der Waals surface area (Å²) in [7, 11) is 0. The fourth-order valence-electron chi connectivity index (χ4n) is 2.29. The van der Waals surface area contributed by atoms with Crippen LogP contribution in [0, 0.1) is 0 Å². The van der Waals surface area contributed by atoms with Crippen molar-refractivity contribution in [2.45, 2.75) is 38.0 Å². The highest BCUT2D eigenvalue weighted by atomic mass is 35.5. The van der Waals surface area contributed by atoms with Crippen LogP contribution in [0.15, 0.2) is 18.2 Å². The molecule has 0 amide bonds. The number of hydrogen-bond donors (Lipinski definition) is 0. The van der Waals surface area contributed by atoms with Crippen LogP contribution in [-0.4, -0.2) is 18.6 Å². The molecule has 1 aromatic rings. The molecule has 1 unspecified atom stereocenters. The third-order valence-corrected chi connectivity index (χ3v) is 3.27. The van der Waals surface area contributed by atoms with Gasteiger partial charge in [0, 0.05) is 5.38 Å². The molecule has 1 aliphatic rings. The van der Waals surface area contributed by atoms with Crippen LogP contribution in [0.2, 0.25) is 0 Å². The van der Waals surface area contributed by atoms with Gasteiger partial charge >= 0.3 is 0 Å². The molecular formula is C14H19ClO2. The van der Waals surface area contributed by atoms with Gasteiger partial charge in [-0.25, -0.2) is 0 Å². The topological polar surface area (TPSA) is 18.5 Å². The van der Waals surface area contributed by atoms with E-state index in [-0.39, 0.29) is 10.8 Å². The number of halogens is 1. The zero-order valence-electron chi connectivity index (χ0n) is 10.6. The SMILES string of the molecule is CC(Cl)CC(C)(C)c1ccc2c(c1)OCCO2. The van der Waals surface area contributed by atoms with Gasteiger partial charge in [0.05, 0.1) is 0 Å². The van der Waals surface area contributed by atoms with Crippen LogP contribution in [0.5, 0.6) is 11.5 Å². The summed E-state index contributed by atoms with van der Waals surface area (Å²) in [4.78, 5) is 0. The van der Waals surface area contributed by atoms with E-state index >= 15 is 0 Å². The summed E-state index contributed by atoms with van der Waals surface area (Å²) in [5.74, 6) is 1.69. The zero-order chi connectivity index (χ0) is 12.5. The average Bonchev–Trinajstić information content (AvgIpc) is 2.26. The van der Waals surface area contributed by atoms with E-state index in [0.29, 0.717) is 13.2 Å². The lowest BCUT2D eigenvalue weighted by Crippen LogP contribution is -2.22. The molecule has 1 aliphatic heterocycles. The van der Waals surface area contributed by atoms with Crippen molar-refractivity contribution in [3.05, 3.63) is 23.8 Å². The molecule has 1 atom stereocenters. The van der Waals surface area contributed by atoms with Crippen LogP contribution in [0.3, 0.4) is 0 Å². The summed E-state index contributed by atoms with van der Waals surface area (Å²) in [5.41, 5.74) is 1.30. The van der Waals surface area contributed by atoms with Gasteiger partial charge in [0.1, 0.15) is 13.2 Å². The Labute approximate surface area is 108 Å². The molecule has 0 aliphatic carbocycles. The average molecular weight is 255 g/mol.